The van der Waals surface area contributed by atoms with Gasteiger partial charge in [-0.15, -0.1) is 0 Å². The van der Waals surface area contributed by atoms with Crippen LogP contribution in [-0.2, 0) is 0 Å². The van der Waals surface area contributed by atoms with E-state index in [2.05, 4.69) is 20.2 Å². The van der Waals surface area contributed by atoms with Gasteiger partial charge in [-0.1, -0.05) is 0 Å². The maximum Gasteiger partial charge on any atom is 0.183 e. The smallest absolute Gasteiger partial charge is 0.183 e. The van der Waals surface area contributed by atoms with Gasteiger partial charge >= 0.3 is 0 Å². The van der Waals surface area contributed by atoms with Crippen LogP contribution in [0.3, 0.4) is 0 Å². The first kappa shape index (κ1) is 12.2. The molecule has 0 atom stereocenters. The lowest BCUT2D eigenvalue weighted by molar-refractivity contribution is 0.417. The molecule has 0 bridgehead atoms. The van der Waals surface area contributed by atoms with Gasteiger partial charge in [-0.05, 0) is 30.3 Å². The number of rotatable bonds is 3. The maximum absolute atomic E-state index is 5.89. The Morgan fingerprint density at radius 3 is 2.80 bits per heavy atom. The van der Waals surface area contributed by atoms with Crippen molar-refractivity contribution in [1.29, 1.82) is 0 Å². The molecule has 6 nitrogen and oxygen atoms in total. The van der Waals surface area contributed by atoms with Crippen molar-refractivity contribution in [2.24, 2.45) is 0 Å². The molecule has 0 amide bonds. The Kier molecular flexibility index (Phi) is 3.04. The van der Waals surface area contributed by atoms with Gasteiger partial charge in [0.05, 0.1) is 12.8 Å². The molecular formula is C14H13N5O. The van der Waals surface area contributed by atoms with Crippen molar-refractivity contribution >= 4 is 5.69 Å². The SMILES string of the molecule is COc1ccc(-c2nc(-c3cccnc3)n[nH]2)cc1N. The standard InChI is InChI=1S/C14H13N5O/c1-20-12-5-4-9(7-11(12)15)13-17-14(19-18-13)10-3-2-6-16-8-10/h2-8H,15H2,1H3,(H,17,18,19). The minimum absolute atomic E-state index is 0.560. The van der Waals surface area contributed by atoms with Crippen LogP contribution in [0, 0.1) is 0 Å². The summed E-state index contributed by atoms with van der Waals surface area (Å²) in [6.07, 6.45) is 3.43. The molecule has 0 aliphatic rings. The van der Waals surface area contributed by atoms with Crippen LogP contribution in [0.15, 0.2) is 42.7 Å². The Balaban J connectivity index is 1.96. The van der Waals surface area contributed by atoms with Crippen LogP contribution in [-0.4, -0.2) is 27.3 Å². The van der Waals surface area contributed by atoms with E-state index < -0.39 is 0 Å². The van der Waals surface area contributed by atoms with Crippen molar-refractivity contribution in [3.63, 3.8) is 0 Å². The molecule has 6 heteroatoms. The van der Waals surface area contributed by atoms with Crippen molar-refractivity contribution in [1.82, 2.24) is 20.2 Å². The third-order valence-corrected chi connectivity index (χ3v) is 2.91. The molecule has 2 heterocycles. The highest BCUT2D eigenvalue weighted by molar-refractivity contribution is 5.67. The lowest BCUT2D eigenvalue weighted by Gasteiger charge is -2.04. The van der Waals surface area contributed by atoms with E-state index in [1.807, 2.05) is 18.2 Å². The molecule has 1 aromatic carbocycles. The number of aromatic amines is 1. The fraction of sp³-hybridized carbons (Fsp3) is 0.0714. The topological polar surface area (TPSA) is 89.7 Å². The van der Waals surface area contributed by atoms with Crippen LogP contribution in [0.4, 0.5) is 5.69 Å². The summed E-state index contributed by atoms with van der Waals surface area (Å²) in [5.74, 6) is 1.89. The third-order valence-electron chi connectivity index (χ3n) is 2.91. The number of anilines is 1. The molecule has 100 valence electrons. The van der Waals surface area contributed by atoms with E-state index in [4.69, 9.17) is 10.5 Å². The average molecular weight is 267 g/mol. The van der Waals surface area contributed by atoms with E-state index >= 15 is 0 Å². The fourth-order valence-electron chi connectivity index (χ4n) is 1.90. The second-order valence-corrected chi connectivity index (χ2v) is 4.21. The molecule has 3 aromatic rings. The monoisotopic (exact) mass is 267 g/mol. The van der Waals surface area contributed by atoms with Crippen LogP contribution in [0.5, 0.6) is 5.75 Å². The van der Waals surface area contributed by atoms with Gasteiger partial charge in [0.15, 0.2) is 11.6 Å². The van der Waals surface area contributed by atoms with Gasteiger partial charge in [-0.3, -0.25) is 10.1 Å². The van der Waals surface area contributed by atoms with Crippen LogP contribution < -0.4 is 10.5 Å². The second kappa shape index (κ2) is 5.00. The van der Waals surface area contributed by atoms with E-state index in [1.54, 1.807) is 31.6 Å². The molecular weight excluding hydrogens is 254 g/mol. The van der Waals surface area contributed by atoms with Gasteiger partial charge in [-0.2, -0.15) is 5.10 Å². The number of ether oxygens (including phenoxy) is 1. The Labute approximate surface area is 115 Å². The molecule has 0 aliphatic heterocycles. The average Bonchev–Trinajstić information content (AvgIpc) is 2.98. The predicted octanol–water partition coefficient (Wildman–Crippen LogP) is 2.12. The Bertz CT molecular complexity index is 723. The zero-order valence-corrected chi connectivity index (χ0v) is 10.9. The summed E-state index contributed by atoms with van der Waals surface area (Å²) in [6.45, 7) is 0. The summed E-state index contributed by atoms with van der Waals surface area (Å²) in [5.41, 5.74) is 8.16. The van der Waals surface area contributed by atoms with Crippen molar-refractivity contribution in [3.8, 4) is 28.5 Å². The number of hydrogen-bond acceptors (Lipinski definition) is 5. The van der Waals surface area contributed by atoms with Crippen LogP contribution in [0.1, 0.15) is 0 Å². The number of nitrogens with two attached hydrogens (primary N) is 1. The van der Waals surface area contributed by atoms with Crippen LogP contribution in [0.25, 0.3) is 22.8 Å². The van der Waals surface area contributed by atoms with Gasteiger partial charge in [0, 0.05) is 23.5 Å². The molecule has 0 fully saturated rings. The number of aromatic nitrogens is 4. The summed E-state index contributed by atoms with van der Waals surface area (Å²) in [5, 5.41) is 7.09. The number of nitrogen functional groups attached to an aromatic ring is 1. The van der Waals surface area contributed by atoms with Crippen LogP contribution >= 0.6 is 0 Å². The Morgan fingerprint density at radius 2 is 2.10 bits per heavy atom. The number of nitrogens with one attached hydrogen (secondary N) is 1. The number of hydrogen-bond donors (Lipinski definition) is 2. The second-order valence-electron chi connectivity index (χ2n) is 4.21. The van der Waals surface area contributed by atoms with E-state index in [0.29, 0.717) is 23.1 Å². The van der Waals surface area contributed by atoms with Crippen molar-refractivity contribution in [3.05, 3.63) is 42.7 Å². The molecule has 3 N–H and O–H groups in total. The third kappa shape index (κ3) is 2.18. The Morgan fingerprint density at radius 1 is 1.20 bits per heavy atom. The minimum Gasteiger partial charge on any atom is -0.495 e. The molecule has 3 rings (SSSR count). The fourth-order valence-corrected chi connectivity index (χ4v) is 1.90. The van der Waals surface area contributed by atoms with Gasteiger partial charge in [0.25, 0.3) is 0 Å². The summed E-state index contributed by atoms with van der Waals surface area (Å²) in [7, 11) is 1.58. The highest BCUT2D eigenvalue weighted by atomic mass is 16.5. The lowest BCUT2D eigenvalue weighted by atomic mass is 10.2. The predicted molar refractivity (Wildman–Crippen MR) is 76.0 cm³/mol. The van der Waals surface area contributed by atoms with Gasteiger partial charge < -0.3 is 10.5 Å². The zero-order valence-electron chi connectivity index (χ0n) is 10.9. The first-order valence-electron chi connectivity index (χ1n) is 6.04. The number of pyridine rings is 1. The van der Waals surface area contributed by atoms with E-state index in [0.717, 1.165) is 11.1 Å². The van der Waals surface area contributed by atoms with Gasteiger partial charge in [0.2, 0.25) is 0 Å². The van der Waals surface area contributed by atoms with E-state index in [-0.39, 0.29) is 0 Å². The molecule has 0 unspecified atom stereocenters. The summed E-state index contributed by atoms with van der Waals surface area (Å²) >= 11 is 0. The molecule has 2 aromatic heterocycles. The number of benzene rings is 1. The number of methoxy groups -OCH3 is 1. The molecule has 0 saturated heterocycles. The first-order chi connectivity index (χ1) is 9.78. The normalized spacial score (nSPS) is 10.4. The Hall–Kier alpha value is -2.89. The zero-order chi connectivity index (χ0) is 13.9. The summed E-state index contributed by atoms with van der Waals surface area (Å²) in [4.78, 5) is 8.49. The lowest BCUT2D eigenvalue weighted by Crippen LogP contribution is -1.93. The molecule has 20 heavy (non-hydrogen) atoms. The minimum atomic E-state index is 0.560. The van der Waals surface area contributed by atoms with Crippen molar-refractivity contribution < 1.29 is 4.74 Å². The number of H-pyrrole nitrogens is 1. The highest BCUT2D eigenvalue weighted by Gasteiger charge is 2.09. The molecule has 0 aliphatic carbocycles. The highest BCUT2D eigenvalue weighted by Crippen LogP contribution is 2.27. The van der Waals surface area contributed by atoms with Crippen molar-refractivity contribution in [2.45, 2.75) is 0 Å². The molecule has 0 saturated carbocycles. The maximum atomic E-state index is 5.89. The van der Waals surface area contributed by atoms with Gasteiger partial charge in [0.1, 0.15) is 5.75 Å². The number of nitrogens with zero attached hydrogens (tertiary/aromatic N) is 3. The first-order valence-corrected chi connectivity index (χ1v) is 6.04. The van der Waals surface area contributed by atoms with E-state index in [9.17, 15) is 0 Å². The van der Waals surface area contributed by atoms with Gasteiger partial charge in [-0.25, -0.2) is 4.98 Å². The summed E-state index contributed by atoms with van der Waals surface area (Å²) < 4.78 is 5.13. The van der Waals surface area contributed by atoms with Crippen molar-refractivity contribution in [2.75, 3.05) is 12.8 Å². The van der Waals surface area contributed by atoms with Crippen LogP contribution in [0.2, 0.25) is 0 Å². The molecule has 0 spiro atoms. The molecule has 0 radical (unpaired) electrons. The quantitative estimate of drug-likeness (QED) is 0.709. The summed E-state index contributed by atoms with van der Waals surface area (Å²) in [6, 6.07) is 9.23. The largest absolute Gasteiger partial charge is 0.495 e. The van der Waals surface area contributed by atoms with E-state index in [1.165, 1.54) is 0 Å².